The Labute approximate surface area is 303 Å². The number of allylic oxidation sites excluding steroid dienone is 4. The minimum Gasteiger partial charge on any atom is -0.0791 e. The summed E-state index contributed by atoms with van der Waals surface area (Å²) in [7, 11) is -2.87. The number of hydrogen-bond donors (Lipinski definition) is 0. The van der Waals surface area contributed by atoms with Gasteiger partial charge in [0.25, 0.3) is 0 Å². The van der Waals surface area contributed by atoms with E-state index in [-0.39, 0.29) is 32.5 Å². The van der Waals surface area contributed by atoms with Gasteiger partial charge in [0.05, 0.1) is 0 Å². The predicted octanol–water partition coefficient (Wildman–Crippen LogP) is 11.8. The topological polar surface area (TPSA) is 0 Å². The molecule has 1 atom stereocenters. The molecule has 0 radical (unpaired) electrons. The summed E-state index contributed by atoms with van der Waals surface area (Å²) in [4.78, 5) is 0. The molecule has 0 bridgehead atoms. The van der Waals surface area contributed by atoms with E-state index in [1.165, 1.54) is 54.5 Å². The van der Waals surface area contributed by atoms with Gasteiger partial charge in [-0.1, -0.05) is 203 Å². The second-order valence-electron chi connectivity index (χ2n) is 21.5. The molecule has 266 valence electrons. The first kappa shape index (κ1) is 39.1. The summed E-state index contributed by atoms with van der Waals surface area (Å²) in [5.74, 6) is 0. The van der Waals surface area contributed by atoms with Gasteiger partial charge in [-0.3, -0.25) is 0 Å². The first-order valence-electron chi connectivity index (χ1n) is 18.8. The van der Waals surface area contributed by atoms with E-state index in [1.54, 1.807) is 0 Å². The molecule has 4 rings (SSSR count). The largest absolute Gasteiger partial charge is 0.159 e. The second kappa shape index (κ2) is 12.5. The maximum atomic E-state index is 2.64. The van der Waals surface area contributed by atoms with E-state index in [0.717, 1.165) is 0 Å². The monoisotopic (exact) mass is 675 g/mol. The van der Waals surface area contributed by atoms with Crippen molar-refractivity contribution in [1.29, 1.82) is 0 Å². The van der Waals surface area contributed by atoms with Crippen molar-refractivity contribution in [2.75, 3.05) is 0 Å². The first-order chi connectivity index (χ1) is 22.0. The quantitative estimate of drug-likeness (QED) is 0.191. The van der Waals surface area contributed by atoms with E-state index in [2.05, 4.69) is 204 Å². The van der Waals surface area contributed by atoms with Crippen LogP contribution in [0.1, 0.15) is 165 Å². The molecule has 0 N–H and O–H groups in total. The molecule has 0 saturated heterocycles. The predicted molar refractivity (Wildman–Crippen MR) is 223 cm³/mol. The lowest BCUT2D eigenvalue weighted by molar-refractivity contribution is 0.569. The highest BCUT2D eigenvalue weighted by molar-refractivity contribution is 7.13. The van der Waals surface area contributed by atoms with E-state index >= 15 is 0 Å². The third-order valence-electron chi connectivity index (χ3n) is 11.0. The average molecular weight is 675 g/mol. The van der Waals surface area contributed by atoms with Gasteiger partial charge in [0, 0.05) is 5.54 Å². The van der Waals surface area contributed by atoms with Crippen LogP contribution in [0, 0.1) is 0 Å². The minimum absolute atomic E-state index is 0.0141. The lowest BCUT2D eigenvalue weighted by Gasteiger charge is -2.43. The molecule has 0 aliphatic heterocycles. The van der Waals surface area contributed by atoms with Gasteiger partial charge in [-0.25, -0.2) is 0 Å². The highest BCUT2D eigenvalue weighted by atomic mass is 28.3. The van der Waals surface area contributed by atoms with E-state index in [4.69, 9.17) is 0 Å². The molecule has 0 spiro atoms. The van der Waals surface area contributed by atoms with Crippen molar-refractivity contribution in [1.82, 2.24) is 0 Å². The van der Waals surface area contributed by atoms with E-state index in [9.17, 15) is 0 Å². The van der Waals surface area contributed by atoms with Crippen LogP contribution >= 0.6 is 0 Å². The highest BCUT2D eigenvalue weighted by Crippen LogP contribution is 2.40. The Hall–Kier alpha value is -2.64. The Balaban J connectivity index is 2.44. The first-order valence-corrected chi connectivity index (χ1v) is 20.9. The molecule has 1 aliphatic carbocycles. The standard InChI is InChI=1S/C48H70Si/c1-32-21-20-22-42(32)49(39-26-33(43(2,3)4)23-34(27-39)44(5,6)7,40-28-35(45(8,9)10)24-36(29-40)46(11,12)13)41-30-37(47(14,15)16)25-38(31-41)48(17,18)19/h20-31,42H,1-19H3. The van der Waals surface area contributed by atoms with Crippen molar-refractivity contribution in [2.24, 2.45) is 0 Å². The van der Waals surface area contributed by atoms with Crippen molar-refractivity contribution >= 4 is 23.6 Å². The minimum atomic E-state index is -2.87. The van der Waals surface area contributed by atoms with Gasteiger partial charge in [-0.15, -0.1) is 0 Å². The molecule has 0 nitrogen and oxygen atoms in total. The molecule has 0 aromatic heterocycles. The normalized spacial score (nSPS) is 16.7. The van der Waals surface area contributed by atoms with Gasteiger partial charge in [-0.2, -0.15) is 0 Å². The zero-order valence-corrected chi connectivity index (χ0v) is 36.0. The zero-order valence-electron chi connectivity index (χ0n) is 35.0. The van der Waals surface area contributed by atoms with Crippen LogP contribution in [0.25, 0.3) is 0 Å². The van der Waals surface area contributed by atoms with Crippen LogP contribution in [0.5, 0.6) is 0 Å². The highest BCUT2D eigenvalue weighted by Gasteiger charge is 2.49. The molecule has 0 heterocycles. The molecule has 1 unspecified atom stereocenters. The molecular formula is C48H70Si. The molecule has 3 aromatic rings. The van der Waals surface area contributed by atoms with Crippen molar-refractivity contribution in [3.05, 3.63) is 112 Å². The second-order valence-corrected chi connectivity index (χ2v) is 25.4. The van der Waals surface area contributed by atoms with Gasteiger partial charge < -0.3 is 0 Å². The molecule has 1 aliphatic rings. The number of hydrogen-bond acceptors (Lipinski definition) is 0. The Kier molecular flexibility index (Phi) is 10.0. The van der Waals surface area contributed by atoms with Crippen LogP contribution in [0.3, 0.4) is 0 Å². The lowest BCUT2D eigenvalue weighted by atomic mass is 9.80. The maximum Gasteiger partial charge on any atom is 0.159 e. The van der Waals surface area contributed by atoms with Crippen LogP contribution < -0.4 is 15.6 Å². The van der Waals surface area contributed by atoms with E-state index < -0.39 is 8.07 Å². The third-order valence-corrected chi connectivity index (χ3v) is 16.2. The third kappa shape index (κ3) is 7.98. The Morgan fingerprint density at radius 1 is 0.367 bits per heavy atom. The average Bonchev–Trinajstić information content (AvgIpc) is 3.36. The fourth-order valence-corrected chi connectivity index (χ4v) is 12.8. The van der Waals surface area contributed by atoms with Gasteiger partial charge >= 0.3 is 0 Å². The van der Waals surface area contributed by atoms with E-state index in [1.807, 2.05) is 0 Å². The molecule has 0 fully saturated rings. The Bertz CT molecular complexity index is 1470. The summed E-state index contributed by atoms with van der Waals surface area (Å²) in [6.45, 7) is 45.4. The maximum absolute atomic E-state index is 2.87. The fourth-order valence-electron chi connectivity index (χ4n) is 7.26. The van der Waals surface area contributed by atoms with Crippen molar-refractivity contribution < 1.29 is 0 Å². The summed E-state index contributed by atoms with van der Waals surface area (Å²) >= 11 is 0. The Morgan fingerprint density at radius 2 is 0.592 bits per heavy atom. The number of benzene rings is 3. The van der Waals surface area contributed by atoms with Crippen LogP contribution in [0.4, 0.5) is 0 Å². The molecule has 1 heteroatoms. The Morgan fingerprint density at radius 3 is 0.755 bits per heavy atom. The van der Waals surface area contributed by atoms with Crippen LogP contribution in [-0.2, 0) is 32.5 Å². The molecular weight excluding hydrogens is 605 g/mol. The van der Waals surface area contributed by atoms with Crippen LogP contribution in [0.2, 0.25) is 5.54 Å². The van der Waals surface area contributed by atoms with Crippen molar-refractivity contribution in [2.45, 2.75) is 170 Å². The molecule has 3 aromatic carbocycles. The zero-order chi connectivity index (χ0) is 37.3. The molecule has 49 heavy (non-hydrogen) atoms. The lowest BCUT2D eigenvalue weighted by Crippen LogP contribution is -2.70. The smallest absolute Gasteiger partial charge is 0.0791 e. The summed E-state index contributed by atoms with van der Waals surface area (Å²) in [5.41, 5.74) is 10.4. The van der Waals surface area contributed by atoms with E-state index in [0.29, 0.717) is 5.54 Å². The number of rotatable bonds is 4. The van der Waals surface area contributed by atoms with Crippen molar-refractivity contribution in [3.8, 4) is 0 Å². The van der Waals surface area contributed by atoms with Crippen molar-refractivity contribution in [3.63, 3.8) is 0 Å². The summed E-state index contributed by atoms with van der Waals surface area (Å²) in [6.07, 6.45) is 7.29. The SMILES string of the molecule is CC1=CC=CC1[Si](c1cc(C(C)(C)C)cc(C(C)(C)C)c1)(c1cc(C(C)(C)C)cc(C(C)(C)C)c1)c1cc(C(C)(C)C)cc(C(C)(C)C)c1. The summed E-state index contributed by atoms with van der Waals surface area (Å²) < 4.78 is 0. The molecule has 0 amide bonds. The summed E-state index contributed by atoms with van der Waals surface area (Å²) in [5, 5.41) is 4.60. The fraction of sp³-hybridized carbons (Fsp3) is 0.542. The summed E-state index contributed by atoms with van der Waals surface area (Å²) in [6, 6.07) is 23.4. The van der Waals surface area contributed by atoms with Gasteiger partial charge in [-0.05, 0) is 88.4 Å². The van der Waals surface area contributed by atoms with Crippen LogP contribution in [0.15, 0.2) is 78.4 Å². The van der Waals surface area contributed by atoms with Gasteiger partial charge in [0.2, 0.25) is 0 Å². The van der Waals surface area contributed by atoms with Crippen LogP contribution in [-0.4, -0.2) is 8.07 Å². The van der Waals surface area contributed by atoms with Gasteiger partial charge in [0.15, 0.2) is 8.07 Å². The van der Waals surface area contributed by atoms with Gasteiger partial charge in [0.1, 0.15) is 0 Å². The molecule has 0 saturated carbocycles.